The van der Waals surface area contributed by atoms with E-state index in [1.807, 2.05) is 30.3 Å². The first-order valence-electron chi connectivity index (χ1n) is 10.2. The number of carbonyl (C=O) groups excluding carboxylic acids is 2. The maximum Gasteiger partial charge on any atom is 0.339 e. The molecule has 7 heteroatoms. The molecule has 0 aromatic heterocycles. The molecule has 1 spiro atoms. The Morgan fingerprint density at radius 1 is 0.818 bits per heavy atom. The summed E-state index contributed by atoms with van der Waals surface area (Å²) in [5.41, 5.74) is 1.39. The maximum atomic E-state index is 14.1. The number of aromatic hydroxyl groups is 1. The lowest BCUT2D eigenvalue weighted by Gasteiger charge is -2.43. The zero-order valence-electron chi connectivity index (χ0n) is 16.8. The van der Waals surface area contributed by atoms with Crippen LogP contribution in [-0.2, 0) is 15.1 Å². The summed E-state index contributed by atoms with van der Waals surface area (Å²) in [7, 11) is 0. The molecule has 0 fully saturated rings. The van der Waals surface area contributed by atoms with Crippen molar-refractivity contribution in [2.45, 2.75) is 5.60 Å². The number of carbonyl (C=O) groups is 2. The van der Waals surface area contributed by atoms with Crippen molar-refractivity contribution in [2.24, 2.45) is 5.92 Å². The van der Waals surface area contributed by atoms with Gasteiger partial charge in [0.15, 0.2) is 11.4 Å². The van der Waals surface area contributed by atoms with Crippen molar-refractivity contribution in [3.8, 4) is 11.5 Å². The van der Waals surface area contributed by atoms with E-state index in [2.05, 4.69) is 31.9 Å². The Balaban J connectivity index is 1.61. The second kappa shape index (κ2) is 7.17. The Morgan fingerprint density at radius 2 is 1.55 bits per heavy atom. The van der Waals surface area contributed by atoms with Crippen LogP contribution in [0.1, 0.15) is 27.0 Å². The van der Waals surface area contributed by atoms with Gasteiger partial charge in [0.25, 0.3) is 0 Å². The quantitative estimate of drug-likeness (QED) is 0.372. The molecule has 1 N–H and O–H groups in total. The average Bonchev–Trinajstić information content (AvgIpc) is 3.11. The minimum absolute atomic E-state index is 0.0516. The molecular formula is C26H14Br2O5. The number of hydrogen-bond acceptors (Lipinski definition) is 5. The van der Waals surface area contributed by atoms with E-state index in [9.17, 15) is 14.7 Å². The molecule has 0 bridgehead atoms. The smallest absolute Gasteiger partial charge is 0.339 e. The lowest BCUT2D eigenvalue weighted by atomic mass is 9.68. The number of phenolic OH excluding ortho intramolecular Hbond substituents is 1. The summed E-state index contributed by atoms with van der Waals surface area (Å²) in [6.45, 7) is 0. The Hall–Kier alpha value is -3.16. The molecule has 33 heavy (non-hydrogen) atoms. The molecule has 0 saturated carbocycles. The van der Waals surface area contributed by atoms with E-state index in [-0.39, 0.29) is 11.5 Å². The van der Waals surface area contributed by atoms with Crippen LogP contribution in [0.5, 0.6) is 11.5 Å². The van der Waals surface area contributed by atoms with Gasteiger partial charge in [0.1, 0.15) is 23.2 Å². The predicted molar refractivity (Wildman–Crippen MR) is 128 cm³/mol. The van der Waals surface area contributed by atoms with Crippen molar-refractivity contribution in [3.05, 3.63) is 110 Å². The van der Waals surface area contributed by atoms with Gasteiger partial charge < -0.3 is 14.6 Å². The predicted octanol–water partition coefficient (Wildman–Crippen LogP) is 5.89. The van der Waals surface area contributed by atoms with Crippen LogP contribution in [0.3, 0.4) is 0 Å². The fraction of sp³-hybridized carbons (Fsp3) is 0.0769. The van der Waals surface area contributed by atoms with Gasteiger partial charge in [-0.1, -0.05) is 36.4 Å². The van der Waals surface area contributed by atoms with Crippen molar-refractivity contribution < 1.29 is 24.2 Å². The molecular weight excluding hydrogens is 552 g/mol. The number of halogens is 2. The number of rotatable bonds is 1. The summed E-state index contributed by atoms with van der Waals surface area (Å²) in [6.07, 6.45) is 3.45. The van der Waals surface area contributed by atoms with Gasteiger partial charge in [0.2, 0.25) is 0 Å². The lowest BCUT2D eigenvalue weighted by molar-refractivity contribution is -0.124. The highest BCUT2D eigenvalue weighted by Gasteiger charge is 2.61. The van der Waals surface area contributed by atoms with Crippen LogP contribution in [0, 0.1) is 5.92 Å². The minimum Gasteiger partial charge on any atom is -0.507 e. The number of allylic oxidation sites excluding steroid dienone is 3. The fourth-order valence-corrected chi connectivity index (χ4v) is 5.77. The first-order valence-corrected chi connectivity index (χ1v) is 11.8. The van der Waals surface area contributed by atoms with Crippen molar-refractivity contribution in [3.63, 3.8) is 0 Å². The standard InChI is InChI=1S/C26H14Br2O5/c27-22-13(9-11-18(29)23(22)28)14-10-12-20-21(24(14)30)26(17-7-3-4-8-19(17)32-20)16-6-2-1-5-15(16)25(31)33-26/h1-12,21,29H. The fourth-order valence-electron chi connectivity index (χ4n) is 4.88. The number of para-hydroxylation sites is 1. The van der Waals surface area contributed by atoms with Gasteiger partial charge in [-0.25, -0.2) is 4.79 Å². The van der Waals surface area contributed by atoms with Crippen LogP contribution in [0.15, 0.2) is 87.5 Å². The number of ether oxygens (including phenoxy) is 2. The first-order chi connectivity index (χ1) is 15.9. The molecule has 5 nitrogen and oxygen atoms in total. The van der Waals surface area contributed by atoms with Gasteiger partial charge in [-0.15, -0.1) is 0 Å². The van der Waals surface area contributed by atoms with Crippen LogP contribution < -0.4 is 4.74 Å². The van der Waals surface area contributed by atoms with Crippen LogP contribution in [0.25, 0.3) is 5.57 Å². The van der Waals surface area contributed by atoms with Crippen LogP contribution in [0.2, 0.25) is 0 Å². The number of phenols is 1. The maximum absolute atomic E-state index is 14.1. The van der Waals surface area contributed by atoms with Crippen LogP contribution in [-0.4, -0.2) is 16.9 Å². The largest absolute Gasteiger partial charge is 0.507 e. The first kappa shape index (κ1) is 20.4. The molecule has 3 aromatic rings. The molecule has 2 atom stereocenters. The molecule has 2 aliphatic heterocycles. The summed E-state index contributed by atoms with van der Waals surface area (Å²) >= 11 is 6.83. The van der Waals surface area contributed by atoms with Crippen molar-refractivity contribution in [1.29, 1.82) is 0 Å². The number of fused-ring (bicyclic) bond motifs is 6. The van der Waals surface area contributed by atoms with E-state index in [1.165, 1.54) is 6.07 Å². The molecule has 0 radical (unpaired) electrons. The van der Waals surface area contributed by atoms with E-state index in [4.69, 9.17) is 9.47 Å². The average molecular weight is 566 g/mol. The Bertz CT molecular complexity index is 1450. The van der Waals surface area contributed by atoms with Crippen molar-refractivity contribution in [1.82, 2.24) is 0 Å². The summed E-state index contributed by atoms with van der Waals surface area (Å²) in [5.74, 6) is -0.609. The zero-order valence-corrected chi connectivity index (χ0v) is 20.0. The Labute approximate surface area is 205 Å². The van der Waals surface area contributed by atoms with Crippen LogP contribution in [0.4, 0.5) is 0 Å². The van der Waals surface area contributed by atoms with Gasteiger partial charge in [-0.3, -0.25) is 4.79 Å². The van der Waals surface area contributed by atoms with Gasteiger partial charge >= 0.3 is 5.97 Å². The second-order valence-corrected chi connectivity index (χ2v) is 9.56. The molecule has 1 aliphatic carbocycles. The summed E-state index contributed by atoms with van der Waals surface area (Å²) < 4.78 is 13.3. The lowest BCUT2D eigenvalue weighted by Crippen LogP contribution is -2.47. The third-order valence-corrected chi connectivity index (χ3v) is 8.46. The van der Waals surface area contributed by atoms with Gasteiger partial charge in [-0.2, -0.15) is 0 Å². The van der Waals surface area contributed by atoms with E-state index < -0.39 is 17.5 Å². The monoisotopic (exact) mass is 564 g/mol. The number of benzene rings is 3. The highest BCUT2D eigenvalue weighted by molar-refractivity contribution is 9.13. The molecule has 2 heterocycles. The summed E-state index contributed by atoms with van der Waals surface area (Å²) in [4.78, 5) is 27.1. The van der Waals surface area contributed by atoms with E-state index >= 15 is 0 Å². The van der Waals surface area contributed by atoms with Gasteiger partial charge in [-0.05, 0) is 68.3 Å². The van der Waals surface area contributed by atoms with Gasteiger partial charge in [0, 0.05) is 26.7 Å². The Morgan fingerprint density at radius 3 is 2.36 bits per heavy atom. The molecule has 0 amide bonds. The number of hydrogen-bond donors (Lipinski definition) is 1. The van der Waals surface area contributed by atoms with Crippen molar-refractivity contribution >= 4 is 49.2 Å². The number of ketones is 1. The van der Waals surface area contributed by atoms with E-state index in [0.29, 0.717) is 48.3 Å². The molecule has 3 aliphatic rings. The van der Waals surface area contributed by atoms with E-state index in [0.717, 1.165) is 0 Å². The second-order valence-electron chi connectivity index (χ2n) is 7.98. The molecule has 3 aromatic carbocycles. The number of esters is 1. The summed E-state index contributed by atoms with van der Waals surface area (Å²) in [6, 6.07) is 17.7. The Kier molecular flexibility index (Phi) is 4.44. The highest BCUT2D eigenvalue weighted by atomic mass is 79.9. The highest BCUT2D eigenvalue weighted by Crippen LogP contribution is 2.57. The normalized spacial score (nSPS) is 22.5. The third kappa shape index (κ3) is 2.69. The summed E-state index contributed by atoms with van der Waals surface area (Å²) in [5, 5.41) is 10.0. The molecule has 6 rings (SSSR count). The van der Waals surface area contributed by atoms with Gasteiger partial charge in [0.05, 0.1) is 10.0 Å². The minimum atomic E-state index is -1.34. The van der Waals surface area contributed by atoms with Crippen LogP contribution >= 0.6 is 31.9 Å². The zero-order chi connectivity index (χ0) is 22.9. The SMILES string of the molecule is O=C1OC2(c3ccccc3OC3=CC=C(c4ccc(O)c(Br)c4Br)C(=O)C32)c2ccccc21. The van der Waals surface area contributed by atoms with E-state index in [1.54, 1.807) is 36.4 Å². The van der Waals surface area contributed by atoms with Crippen molar-refractivity contribution in [2.75, 3.05) is 0 Å². The molecule has 2 unspecified atom stereocenters. The third-order valence-electron chi connectivity index (χ3n) is 6.30. The number of Topliss-reactive ketones (excluding diaryl/α,β-unsaturated/α-hetero) is 1. The molecule has 0 saturated heterocycles. The topological polar surface area (TPSA) is 72.8 Å². The molecule has 162 valence electrons.